The Labute approximate surface area is 148 Å². The molecule has 5 nitrogen and oxygen atoms in total. The zero-order valence-corrected chi connectivity index (χ0v) is 14.7. The van der Waals surface area contributed by atoms with Gasteiger partial charge in [0.25, 0.3) is 0 Å². The summed E-state index contributed by atoms with van der Waals surface area (Å²) >= 11 is 0. The van der Waals surface area contributed by atoms with Gasteiger partial charge in [0.2, 0.25) is 11.8 Å². The molecule has 0 N–H and O–H groups in total. The fourth-order valence-electron chi connectivity index (χ4n) is 3.27. The van der Waals surface area contributed by atoms with Gasteiger partial charge in [-0.1, -0.05) is 24.3 Å². The number of likely N-dealkylation sites (N-methyl/N-ethyl adjacent to an activating group) is 1. The number of anilines is 1. The number of aryl methyl sites for hydroxylation is 1. The highest BCUT2D eigenvalue weighted by Gasteiger charge is 2.37. The minimum atomic E-state index is -0.379. The van der Waals surface area contributed by atoms with Crippen LogP contribution in [0, 0.1) is 6.92 Å². The number of amides is 2. The Balaban J connectivity index is 1.71. The van der Waals surface area contributed by atoms with Gasteiger partial charge in [0, 0.05) is 30.7 Å². The van der Waals surface area contributed by atoms with E-state index in [4.69, 9.17) is 0 Å². The topological polar surface area (TPSA) is 53.5 Å². The van der Waals surface area contributed by atoms with Gasteiger partial charge in [-0.25, -0.2) is 0 Å². The molecule has 2 heterocycles. The van der Waals surface area contributed by atoms with Crippen molar-refractivity contribution in [1.29, 1.82) is 0 Å². The molecule has 25 heavy (non-hydrogen) atoms. The molecule has 2 aromatic rings. The minimum absolute atomic E-state index is 0.00318. The first kappa shape index (κ1) is 17.1. The Kier molecular flexibility index (Phi) is 5.12. The van der Waals surface area contributed by atoms with Gasteiger partial charge in [0.05, 0.1) is 6.42 Å². The van der Waals surface area contributed by atoms with E-state index in [0.717, 1.165) is 16.9 Å². The van der Waals surface area contributed by atoms with Gasteiger partial charge < -0.3 is 9.80 Å². The second-order valence-electron chi connectivity index (χ2n) is 6.29. The average molecular weight is 337 g/mol. The van der Waals surface area contributed by atoms with Crippen LogP contribution in [0.25, 0.3) is 0 Å². The number of nitrogens with zero attached hydrogens (tertiary/aromatic N) is 3. The highest BCUT2D eigenvalue weighted by atomic mass is 16.2. The van der Waals surface area contributed by atoms with Crippen molar-refractivity contribution in [2.24, 2.45) is 0 Å². The second kappa shape index (κ2) is 7.47. The lowest BCUT2D eigenvalue weighted by molar-refractivity contribution is -0.137. The molecule has 0 saturated carbocycles. The van der Waals surface area contributed by atoms with Crippen molar-refractivity contribution >= 4 is 17.5 Å². The Morgan fingerprint density at radius 2 is 2.00 bits per heavy atom. The fraction of sp³-hybridized carbons (Fsp3) is 0.350. The molecule has 1 atom stereocenters. The molecule has 2 amide bonds. The summed E-state index contributed by atoms with van der Waals surface area (Å²) in [5, 5.41) is 0. The van der Waals surface area contributed by atoms with E-state index in [-0.39, 0.29) is 24.3 Å². The lowest BCUT2D eigenvalue weighted by Gasteiger charge is -2.27. The monoisotopic (exact) mass is 337 g/mol. The van der Waals surface area contributed by atoms with Crippen LogP contribution in [0.3, 0.4) is 0 Å². The van der Waals surface area contributed by atoms with E-state index < -0.39 is 0 Å². The summed E-state index contributed by atoms with van der Waals surface area (Å²) in [7, 11) is 0. The number of benzene rings is 1. The molecule has 0 aliphatic carbocycles. The molecule has 0 bridgehead atoms. The van der Waals surface area contributed by atoms with Gasteiger partial charge in [0.15, 0.2) is 0 Å². The molecule has 5 heteroatoms. The summed E-state index contributed by atoms with van der Waals surface area (Å²) in [4.78, 5) is 33.3. The number of carbonyl (C=O) groups is 2. The number of hydrogen-bond acceptors (Lipinski definition) is 3. The summed E-state index contributed by atoms with van der Waals surface area (Å²) in [6.07, 6.45) is 2.67. The maximum atomic E-state index is 12.8. The number of aromatic nitrogens is 1. The largest absolute Gasteiger partial charge is 0.331 e. The lowest BCUT2D eigenvalue weighted by Crippen LogP contribution is -2.45. The number of carbonyl (C=O) groups excluding carboxylic acids is 2. The highest BCUT2D eigenvalue weighted by molar-refractivity contribution is 6.01. The first-order chi connectivity index (χ1) is 12.1. The number of pyridine rings is 1. The minimum Gasteiger partial charge on any atom is -0.331 e. The Bertz CT molecular complexity index is 743. The van der Waals surface area contributed by atoms with Crippen molar-refractivity contribution in [2.45, 2.75) is 32.7 Å². The quantitative estimate of drug-likeness (QED) is 0.843. The molecule has 0 radical (unpaired) electrons. The molecule has 1 saturated heterocycles. The van der Waals surface area contributed by atoms with Gasteiger partial charge in [0.1, 0.15) is 6.04 Å². The predicted molar refractivity (Wildman–Crippen MR) is 97.3 cm³/mol. The summed E-state index contributed by atoms with van der Waals surface area (Å²) < 4.78 is 0. The Morgan fingerprint density at radius 1 is 1.24 bits per heavy atom. The molecular weight excluding hydrogens is 314 g/mol. The predicted octanol–water partition coefficient (Wildman–Crippen LogP) is 2.59. The van der Waals surface area contributed by atoms with Crippen LogP contribution in [0.15, 0.2) is 48.7 Å². The van der Waals surface area contributed by atoms with E-state index in [2.05, 4.69) is 4.98 Å². The van der Waals surface area contributed by atoms with E-state index in [1.165, 1.54) is 0 Å². The normalized spacial score (nSPS) is 17.0. The van der Waals surface area contributed by atoms with Crippen LogP contribution in [0.1, 0.15) is 24.6 Å². The van der Waals surface area contributed by atoms with Crippen molar-refractivity contribution in [3.63, 3.8) is 0 Å². The number of para-hydroxylation sites is 1. The number of rotatable bonds is 5. The molecule has 1 aliphatic rings. The smallest absolute Gasteiger partial charge is 0.249 e. The van der Waals surface area contributed by atoms with Crippen LogP contribution < -0.4 is 4.90 Å². The van der Waals surface area contributed by atoms with Crippen LogP contribution in [0.2, 0.25) is 0 Å². The molecule has 3 rings (SSSR count). The van der Waals surface area contributed by atoms with Crippen LogP contribution in [0.5, 0.6) is 0 Å². The SMILES string of the molecule is CCN(C(=O)Cc1ccc(C)nc1)[C@@H]1CCN(c2ccccc2)C1=O. The van der Waals surface area contributed by atoms with Crippen LogP contribution in [-0.4, -0.2) is 40.8 Å². The zero-order valence-electron chi connectivity index (χ0n) is 14.7. The summed E-state index contributed by atoms with van der Waals surface area (Å²) in [5.41, 5.74) is 2.69. The summed E-state index contributed by atoms with van der Waals surface area (Å²) in [6, 6.07) is 13.1. The third kappa shape index (κ3) is 3.71. The van der Waals surface area contributed by atoms with Crippen molar-refractivity contribution < 1.29 is 9.59 Å². The van der Waals surface area contributed by atoms with Crippen LogP contribution in [0.4, 0.5) is 5.69 Å². The van der Waals surface area contributed by atoms with E-state index in [0.29, 0.717) is 19.5 Å². The van der Waals surface area contributed by atoms with Crippen LogP contribution in [-0.2, 0) is 16.0 Å². The lowest BCUT2D eigenvalue weighted by atomic mass is 10.1. The summed E-state index contributed by atoms with van der Waals surface area (Å²) in [6.45, 7) is 5.00. The van der Waals surface area contributed by atoms with Crippen molar-refractivity contribution in [3.8, 4) is 0 Å². The van der Waals surface area contributed by atoms with Crippen LogP contribution >= 0.6 is 0 Å². The average Bonchev–Trinajstić information content (AvgIpc) is 3.00. The molecule has 1 aromatic carbocycles. The van der Waals surface area contributed by atoms with Gasteiger partial charge in [-0.15, -0.1) is 0 Å². The summed E-state index contributed by atoms with van der Waals surface area (Å²) in [5.74, 6) is -0.0233. The van der Waals surface area contributed by atoms with Crippen molar-refractivity contribution in [3.05, 3.63) is 59.9 Å². The second-order valence-corrected chi connectivity index (χ2v) is 6.29. The van der Waals surface area contributed by atoms with Crippen molar-refractivity contribution in [2.75, 3.05) is 18.0 Å². The molecule has 0 unspecified atom stereocenters. The molecule has 0 spiro atoms. The third-order valence-corrected chi connectivity index (χ3v) is 4.61. The Morgan fingerprint density at radius 3 is 2.64 bits per heavy atom. The van der Waals surface area contributed by atoms with E-state index in [9.17, 15) is 9.59 Å². The molecule has 1 aromatic heterocycles. The van der Waals surface area contributed by atoms with Gasteiger partial charge >= 0.3 is 0 Å². The van der Waals surface area contributed by atoms with E-state index in [1.807, 2.05) is 56.3 Å². The Hall–Kier alpha value is -2.69. The van der Waals surface area contributed by atoms with E-state index >= 15 is 0 Å². The maximum Gasteiger partial charge on any atom is 0.249 e. The highest BCUT2D eigenvalue weighted by Crippen LogP contribution is 2.24. The molecule has 1 fully saturated rings. The van der Waals surface area contributed by atoms with E-state index in [1.54, 1.807) is 16.0 Å². The molecule has 1 aliphatic heterocycles. The molecule has 130 valence electrons. The van der Waals surface area contributed by atoms with Gasteiger partial charge in [-0.3, -0.25) is 14.6 Å². The van der Waals surface area contributed by atoms with Gasteiger partial charge in [-0.05, 0) is 44.0 Å². The van der Waals surface area contributed by atoms with Crippen molar-refractivity contribution in [1.82, 2.24) is 9.88 Å². The zero-order chi connectivity index (χ0) is 17.8. The number of hydrogen-bond donors (Lipinski definition) is 0. The standard InChI is InChI=1S/C20H23N3O2/c1-3-22(19(24)13-16-10-9-15(2)21-14-16)18-11-12-23(20(18)25)17-7-5-4-6-8-17/h4-10,14,18H,3,11-13H2,1-2H3/t18-/m1/s1. The third-order valence-electron chi connectivity index (χ3n) is 4.61. The molecular formula is C20H23N3O2. The first-order valence-corrected chi connectivity index (χ1v) is 8.67. The first-order valence-electron chi connectivity index (χ1n) is 8.67. The van der Waals surface area contributed by atoms with Gasteiger partial charge in [-0.2, -0.15) is 0 Å². The maximum absolute atomic E-state index is 12.8. The fourth-order valence-corrected chi connectivity index (χ4v) is 3.27.